The van der Waals surface area contributed by atoms with Gasteiger partial charge in [0.05, 0.1) is 20.8 Å². The number of hydrogen-bond acceptors (Lipinski definition) is 5. The molecule has 0 unspecified atom stereocenters. The van der Waals surface area contributed by atoms with Crippen molar-refractivity contribution in [3.05, 3.63) is 23.8 Å². The number of ether oxygens (including phenoxy) is 2. The van der Waals surface area contributed by atoms with E-state index in [0.717, 1.165) is 5.56 Å². The molecule has 6 nitrogen and oxygen atoms in total. The normalized spacial score (nSPS) is 11.8. The summed E-state index contributed by atoms with van der Waals surface area (Å²) in [6.45, 7) is 1.44. The third-order valence-corrected chi connectivity index (χ3v) is 2.78. The molecule has 0 amide bonds. The van der Waals surface area contributed by atoms with Crippen LogP contribution in [0, 0.1) is 0 Å². The number of carboxylic acid groups (broad SMARTS) is 1. The van der Waals surface area contributed by atoms with Gasteiger partial charge in [0.1, 0.15) is 11.8 Å². The molecular formula is C14H19NO5. The summed E-state index contributed by atoms with van der Waals surface area (Å²) in [4.78, 5) is 22.1. The number of rotatable bonds is 8. The molecule has 0 saturated heterocycles. The fourth-order valence-electron chi connectivity index (χ4n) is 1.76. The largest absolute Gasteiger partial charge is 0.493 e. The zero-order valence-corrected chi connectivity index (χ0v) is 11.8. The highest BCUT2D eigenvalue weighted by Crippen LogP contribution is 2.27. The van der Waals surface area contributed by atoms with Crippen molar-refractivity contribution in [1.82, 2.24) is 5.32 Å². The van der Waals surface area contributed by atoms with Crippen LogP contribution in [0.2, 0.25) is 0 Å². The van der Waals surface area contributed by atoms with Crippen LogP contribution >= 0.6 is 0 Å². The lowest BCUT2D eigenvalue weighted by molar-refractivity contribution is -0.139. The van der Waals surface area contributed by atoms with Crippen molar-refractivity contribution < 1.29 is 24.2 Å². The molecule has 2 N–H and O–H groups in total. The Hall–Kier alpha value is -2.08. The molecule has 0 spiro atoms. The van der Waals surface area contributed by atoms with E-state index in [1.807, 2.05) is 0 Å². The third kappa shape index (κ3) is 4.55. The van der Waals surface area contributed by atoms with Gasteiger partial charge in [0, 0.05) is 0 Å². The van der Waals surface area contributed by atoms with Crippen LogP contribution in [0.3, 0.4) is 0 Å². The lowest BCUT2D eigenvalue weighted by Crippen LogP contribution is -2.40. The van der Waals surface area contributed by atoms with Crippen LogP contribution in [0.1, 0.15) is 12.5 Å². The van der Waals surface area contributed by atoms with Crippen molar-refractivity contribution >= 4 is 11.8 Å². The van der Waals surface area contributed by atoms with Crippen LogP contribution in [-0.2, 0) is 16.0 Å². The smallest absolute Gasteiger partial charge is 0.321 e. The standard InChI is InChI=1S/C14H19NO5/c1-9(16)8-15-11(14(17)18)6-10-4-5-12(19-2)13(7-10)20-3/h4-5,7,11,15H,6,8H2,1-3H3,(H,17,18)/t11-/m0/s1. The lowest BCUT2D eigenvalue weighted by atomic mass is 10.1. The monoisotopic (exact) mass is 281 g/mol. The van der Waals surface area contributed by atoms with Crippen molar-refractivity contribution in [2.45, 2.75) is 19.4 Å². The number of carboxylic acids is 1. The molecule has 0 bridgehead atoms. The summed E-state index contributed by atoms with van der Waals surface area (Å²) in [6, 6.07) is 4.40. The van der Waals surface area contributed by atoms with E-state index in [9.17, 15) is 9.59 Å². The van der Waals surface area contributed by atoms with Gasteiger partial charge in [-0.25, -0.2) is 0 Å². The van der Waals surface area contributed by atoms with E-state index in [4.69, 9.17) is 14.6 Å². The lowest BCUT2D eigenvalue weighted by Gasteiger charge is -2.15. The van der Waals surface area contributed by atoms with Gasteiger partial charge in [-0.05, 0) is 31.0 Å². The number of carbonyl (C=O) groups excluding carboxylic acids is 1. The number of ketones is 1. The Morgan fingerprint density at radius 3 is 2.40 bits per heavy atom. The molecule has 0 aliphatic rings. The minimum absolute atomic E-state index is 0.0320. The zero-order chi connectivity index (χ0) is 15.1. The highest BCUT2D eigenvalue weighted by atomic mass is 16.5. The van der Waals surface area contributed by atoms with Crippen molar-refractivity contribution in [1.29, 1.82) is 0 Å². The van der Waals surface area contributed by atoms with Gasteiger partial charge in [0.25, 0.3) is 0 Å². The first kappa shape index (κ1) is 16.0. The molecule has 0 aliphatic heterocycles. The van der Waals surface area contributed by atoms with Gasteiger partial charge in [0.15, 0.2) is 11.5 Å². The molecule has 1 rings (SSSR count). The van der Waals surface area contributed by atoms with Gasteiger partial charge in [-0.3, -0.25) is 14.9 Å². The topological polar surface area (TPSA) is 84.9 Å². The predicted molar refractivity (Wildman–Crippen MR) is 73.4 cm³/mol. The van der Waals surface area contributed by atoms with Gasteiger partial charge < -0.3 is 14.6 Å². The Kier molecular flexibility index (Phi) is 5.99. The second-order valence-electron chi connectivity index (χ2n) is 4.37. The summed E-state index contributed by atoms with van der Waals surface area (Å²) in [6.07, 6.45) is 0.253. The second kappa shape index (κ2) is 7.49. The molecule has 0 radical (unpaired) electrons. The summed E-state index contributed by atoms with van der Waals surface area (Å²) in [7, 11) is 3.05. The highest BCUT2D eigenvalue weighted by molar-refractivity contribution is 5.79. The SMILES string of the molecule is COc1ccc(C[C@H](NCC(C)=O)C(=O)O)cc1OC. The number of hydrogen-bond donors (Lipinski definition) is 2. The summed E-state index contributed by atoms with van der Waals surface area (Å²) in [5.41, 5.74) is 0.783. The van der Waals surface area contributed by atoms with Gasteiger partial charge in [-0.1, -0.05) is 6.07 Å². The molecule has 110 valence electrons. The first-order valence-electron chi connectivity index (χ1n) is 6.14. The number of benzene rings is 1. The van der Waals surface area contributed by atoms with Gasteiger partial charge in [0.2, 0.25) is 0 Å². The quantitative estimate of drug-likeness (QED) is 0.735. The fourth-order valence-corrected chi connectivity index (χ4v) is 1.76. The van der Waals surface area contributed by atoms with Crippen molar-refractivity contribution in [3.8, 4) is 11.5 Å². The summed E-state index contributed by atoms with van der Waals surface area (Å²) >= 11 is 0. The maximum absolute atomic E-state index is 11.2. The minimum atomic E-state index is -0.999. The molecule has 0 heterocycles. The Balaban J connectivity index is 2.82. The van der Waals surface area contributed by atoms with Gasteiger partial charge >= 0.3 is 5.97 Å². The van der Waals surface area contributed by atoms with Crippen LogP contribution in [-0.4, -0.2) is 43.7 Å². The van der Waals surface area contributed by atoms with Crippen LogP contribution in [0.4, 0.5) is 0 Å². The third-order valence-electron chi connectivity index (χ3n) is 2.78. The summed E-state index contributed by atoms with van der Waals surface area (Å²) in [5.74, 6) is 0.0186. The van der Waals surface area contributed by atoms with Crippen LogP contribution in [0.5, 0.6) is 11.5 Å². The highest BCUT2D eigenvalue weighted by Gasteiger charge is 2.18. The van der Waals surface area contributed by atoms with Crippen molar-refractivity contribution in [2.75, 3.05) is 20.8 Å². The van der Waals surface area contributed by atoms with Crippen molar-refractivity contribution in [3.63, 3.8) is 0 Å². The number of Topliss-reactive ketones (excluding diaryl/α,β-unsaturated/α-hetero) is 1. The Morgan fingerprint density at radius 2 is 1.90 bits per heavy atom. The van der Waals surface area contributed by atoms with Gasteiger partial charge in [-0.15, -0.1) is 0 Å². The van der Waals surface area contributed by atoms with Gasteiger partial charge in [-0.2, -0.15) is 0 Å². The molecule has 0 fully saturated rings. The van der Waals surface area contributed by atoms with E-state index in [1.54, 1.807) is 18.2 Å². The predicted octanol–water partition coefficient (Wildman–Crippen LogP) is 0.878. The first-order valence-corrected chi connectivity index (χ1v) is 6.14. The molecule has 20 heavy (non-hydrogen) atoms. The molecule has 0 saturated carbocycles. The second-order valence-corrected chi connectivity index (χ2v) is 4.37. The number of nitrogens with one attached hydrogen (secondary N) is 1. The van der Waals surface area contributed by atoms with E-state index in [-0.39, 0.29) is 18.7 Å². The Morgan fingerprint density at radius 1 is 1.25 bits per heavy atom. The average molecular weight is 281 g/mol. The van der Waals surface area contributed by atoms with Crippen molar-refractivity contribution in [2.24, 2.45) is 0 Å². The number of aliphatic carboxylic acids is 1. The molecule has 0 aliphatic carbocycles. The summed E-state index contributed by atoms with van der Waals surface area (Å²) in [5, 5.41) is 11.9. The number of methoxy groups -OCH3 is 2. The van der Waals surface area contributed by atoms with E-state index in [1.165, 1.54) is 21.1 Å². The first-order chi connectivity index (χ1) is 9.47. The zero-order valence-electron chi connectivity index (χ0n) is 11.8. The Bertz CT molecular complexity index is 486. The molecule has 6 heteroatoms. The Labute approximate surface area is 117 Å². The van der Waals surface area contributed by atoms with E-state index >= 15 is 0 Å². The van der Waals surface area contributed by atoms with E-state index in [2.05, 4.69) is 5.32 Å². The molecular weight excluding hydrogens is 262 g/mol. The van der Waals surface area contributed by atoms with Crippen LogP contribution < -0.4 is 14.8 Å². The molecule has 1 aromatic rings. The van der Waals surface area contributed by atoms with E-state index < -0.39 is 12.0 Å². The van der Waals surface area contributed by atoms with Crippen LogP contribution in [0.25, 0.3) is 0 Å². The summed E-state index contributed by atoms with van der Waals surface area (Å²) < 4.78 is 10.3. The minimum Gasteiger partial charge on any atom is -0.493 e. The fraction of sp³-hybridized carbons (Fsp3) is 0.429. The number of carbonyl (C=O) groups is 2. The average Bonchev–Trinajstić information content (AvgIpc) is 2.42. The molecule has 1 atom stereocenters. The maximum atomic E-state index is 11.2. The van der Waals surface area contributed by atoms with Crippen LogP contribution in [0.15, 0.2) is 18.2 Å². The maximum Gasteiger partial charge on any atom is 0.321 e. The molecule has 1 aromatic carbocycles. The van der Waals surface area contributed by atoms with E-state index in [0.29, 0.717) is 11.5 Å². The molecule has 0 aromatic heterocycles.